The fraction of sp³-hybridized carbons (Fsp3) is 0.314. The van der Waals surface area contributed by atoms with E-state index in [1.807, 2.05) is 0 Å². The van der Waals surface area contributed by atoms with Gasteiger partial charge in [0.25, 0.3) is 0 Å². The second-order valence-electron chi connectivity index (χ2n) is 12.2. The fourth-order valence-electron chi connectivity index (χ4n) is 6.00. The number of anilines is 3. The first-order valence-electron chi connectivity index (χ1n) is 16.5. The van der Waals surface area contributed by atoms with Crippen LogP contribution in [0.15, 0.2) is 77.8 Å². The summed E-state index contributed by atoms with van der Waals surface area (Å²) < 4.78 is 129. The maximum atomic E-state index is 14.7. The quantitative estimate of drug-likeness (QED) is 0.119. The number of nitrogen functional groups attached to an aromatic ring is 1. The molecule has 0 aliphatic carbocycles. The normalized spacial score (nSPS) is 15.4. The molecule has 1 saturated heterocycles. The topological polar surface area (TPSA) is 170 Å². The minimum absolute atomic E-state index is 0.0408. The van der Waals surface area contributed by atoms with Gasteiger partial charge in [-0.05, 0) is 84.0 Å². The molecule has 13 nitrogen and oxygen atoms in total. The van der Waals surface area contributed by atoms with Crippen molar-refractivity contribution in [1.82, 2.24) is 9.88 Å². The molecule has 1 aromatic heterocycles. The van der Waals surface area contributed by atoms with Gasteiger partial charge in [-0.3, -0.25) is 4.79 Å². The predicted molar refractivity (Wildman–Crippen MR) is 185 cm³/mol. The lowest BCUT2D eigenvalue weighted by atomic mass is 10.0. The Kier molecular flexibility index (Phi) is 11.9. The largest absolute Gasteiger partial charge is 0.493 e. The van der Waals surface area contributed by atoms with Crippen LogP contribution in [0.25, 0.3) is 10.8 Å². The Bertz CT molecular complexity index is 2240. The molecule has 1 aliphatic heterocycles. The highest BCUT2D eigenvalue weighted by Gasteiger charge is 2.45. The molecule has 0 bridgehead atoms. The maximum Gasteiger partial charge on any atom is 0.493 e. The number of nitrogens with one attached hydrogen (secondary N) is 1. The molecule has 56 heavy (non-hydrogen) atoms. The van der Waals surface area contributed by atoms with E-state index in [2.05, 4.69) is 24.6 Å². The fourth-order valence-corrected chi connectivity index (χ4v) is 7.14. The first-order valence-corrected chi connectivity index (χ1v) is 18.1. The summed E-state index contributed by atoms with van der Waals surface area (Å²) >= 11 is 0. The Labute approximate surface area is 314 Å². The number of pyridine rings is 1. The highest BCUT2D eigenvalue weighted by atomic mass is 32.2. The number of carbonyl (C=O) groups excluding carboxylic acids is 3. The summed E-state index contributed by atoms with van der Waals surface area (Å²) in [5.74, 6) is -4.58. The SMILES string of the molecule is CCS(=O)(=O)c1ccc(N(OC(=O)C(F)(F)F)C(=O)OC)cc1[C@H]1CCCN1C(=O)[C@H](Nc1ccc2c(N)nccc2c1)c1cccc(OC(F)(F)C(F)F)c1. The first kappa shape index (κ1) is 41.3. The Morgan fingerprint density at radius 1 is 1.04 bits per heavy atom. The molecule has 0 radical (unpaired) electrons. The van der Waals surface area contributed by atoms with Crippen LogP contribution in [0, 0.1) is 0 Å². The molecule has 3 aromatic carbocycles. The number of methoxy groups -OCH3 is 1. The van der Waals surface area contributed by atoms with Crippen LogP contribution in [-0.4, -0.2) is 74.4 Å². The zero-order valence-electron chi connectivity index (χ0n) is 29.2. The molecule has 0 unspecified atom stereocenters. The van der Waals surface area contributed by atoms with Gasteiger partial charge in [0.05, 0.1) is 29.5 Å². The van der Waals surface area contributed by atoms with Gasteiger partial charge in [-0.2, -0.15) is 30.7 Å². The lowest BCUT2D eigenvalue weighted by Gasteiger charge is -2.32. The predicted octanol–water partition coefficient (Wildman–Crippen LogP) is 6.96. The Balaban J connectivity index is 1.62. The number of aromatic nitrogens is 1. The van der Waals surface area contributed by atoms with Gasteiger partial charge in [-0.25, -0.2) is 23.0 Å². The molecule has 2 atom stereocenters. The van der Waals surface area contributed by atoms with Crippen LogP contribution in [0.4, 0.5) is 52.7 Å². The summed E-state index contributed by atoms with van der Waals surface area (Å²) in [6.45, 7) is 1.27. The number of hydrogen-bond donors (Lipinski definition) is 2. The number of hydrogen-bond acceptors (Lipinski definition) is 11. The highest BCUT2D eigenvalue weighted by molar-refractivity contribution is 7.91. The third-order valence-corrected chi connectivity index (χ3v) is 10.4. The summed E-state index contributed by atoms with van der Waals surface area (Å²) in [6.07, 6.45) is -14.5. The number of sulfone groups is 1. The van der Waals surface area contributed by atoms with Gasteiger partial charge < -0.3 is 30.3 Å². The van der Waals surface area contributed by atoms with E-state index in [1.165, 1.54) is 36.2 Å². The van der Waals surface area contributed by atoms with Crippen LogP contribution in [0.1, 0.15) is 43.0 Å². The van der Waals surface area contributed by atoms with Gasteiger partial charge in [0, 0.05) is 23.8 Å². The lowest BCUT2D eigenvalue weighted by Crippen LogP contribution is -2.39. The number of hydroxylamine groups is 1. The molecule has 21 heteroatoms. The molecular weight excluding hydrogens is 783 g/mol. The van der Waals surface area contributed by atoms with Crippen LogP contribution >= 0.6 is 0 Å². The number of alkyl halides is 7. The van der Waals surface area contributed by atoms with Crippen LogP contribution in [-0.2, 0) is 29.0 Å². The van der Waals surface area contributed by atoms with Crippen molar-refractivity contribution in [1.29, 1.82) is 0 Å². The zero-order chi connectivity index (χ0) is 41.2. The second kappa shape index (κ2) is 16.1. The number of fused-ring (bicyclic) bond motifs is 1. The van der Waals surface area contributed by atoms with Crippen LogP contribution in [0.3, 0.4) is 0 Å². The molecule has 4 aromatic rings. The minimum Gasteiger partial charge on any atom is -0.450 e. The second-order valence-corrected chi connectivity index (χ2v) is 14.4. The number of ether oxygens (including phenoxy) is 2. The Morgan fingerprint density at radius 3 is 2.43 bits per heavy atom. The van der Waals surface area contributed by atoms with Crippen molar-refractivity contribution in [2.75, 3.05) is 35.5 Å². The van der Waals surface area contributed by atoms with Crippen molar-refractivity contribution >= 4 is 55.8 Å². The lowest BCUT2D eigenvalue weighted by molar-refractivity contribution is -0.253. The molecule has 300 valence electrons. The van der Waals surface area contributed by atoms with E-state index >= 15 is 0 Å². The first-order chi connectivity index (χ1) is 26.3. The summed E-state index contributed by atoms with van der Waals surface area (Å²) in [4.78, 5) is 48.2. The van der Waals surface area contributed by atoms with Crippen molar-refractivity contribution in [3.63, 3.8) is 0 Å². The van der Waals surface area contributed by atoms with Crippen molar-refractivity contribution in [3.8, 4) is 5.75 Å². The van der Waals surface area contributed by atoms with E-state index in [4.69, 9.17) is 5.73 Å². The number of carbonyl (C=O) groups is 3. The number of amides is 2. The van der Waals surface area contributed by atoms with Gasteiger partial charge in [-0.1, -0.05) is 19.1 Å². The van der Waals surface area contributed by atoms with E-state index in [0.717, 1.165) is 37.4 Å². The zero-order valence-corrected chi connectivity index (χ0v) is 30.0. The van der Waals surface area contributed by atoms with Gasteiger partial charge in [0.15, 0.2) is 9.84 Å². The Hall–Kier alpha value is -5.86. The number of halogens is 7. The number of likely N-dealkylation sites (tertiary alicyclic amines) is 1. The van der Waals surface area contributed by atoms with E-state index in [0.29, 0.717) is 10.8 Å². The molecule has 2 heterocycles. The molecular formula is C35H32F7N5O8S. The summed E-state index contributed by atoms with van der Waals surface area (Å²) in [5.41, 5.74) is 5.47. The van der Waals surface area contributed by atoms with Crippen molar-refractivity contribution in [3.05, 3.63) is 84.1 Å². The monoisotopic (exact) mass is 815 g/mol. The Morgan fingerprint density at radius 2 is 1.77 bits per heavy atom. The summed E-state index contributed by atoms with van der Waals surface area (Å²) in [7, 11) is -3.36. The molecule has 1 fully saturated rings. The average molecular weight is 816 g/mol. The molecule has 2 amide bonds. The van der Waals surface area contributed by atoms with Crippen LogP contribution in [0.2, 0.25) is 0 Å². The van der Waals surface area contributed by atoms with Crippen LogP contribution in [0.5, 0.6) is 5.75 Å². The van der Waals surface area contributed by atoms with Gasteiger partial charge >= 0.3 is 30.8 Å². The third-order valence-electron chi connectivity index (χ3n) is 8.64. The molecule has 0 saturated carbocycles. The number of rotatable bonds is 11. The van der Waals surface area contributed by atoms with Crippen LogP contribution < -0.4 is 20.9 Å². The minimum atomic E-state index is -5.55. The number of nitrogens with zero attached hydrogens (tertiary/aromatic N) is 3. The van der Waals surface area contributed by atoms with Crippen molar-refractivity contribution in [2.45, 2.75) is 55.5 Å². The van der Waals surface area contributed by atoms with E-state index in [-0.39, 0.29) is 52.0 Å². The highest BCUT2D eigenvalue weighted by Crippen LogP contribution is 2.41. The van der Waals surface area contributed by atoms with Gasteiger partial charge in [-0.15, -0.1) is 5.06 Å². The smallest absolute Gasteiger partial charge is 0.450 e. The number of nitrogens with two attached hydrogens (primary N) is 1. The summed E-state index contributed by atoms with van der Waals surface area (Å²) in [6, 6.07) is 10.9. The van der Waals surface area contributed by atoms with E-state index in [9.17, 15) is 53.5 Å². The van der Waals surface area contributed by atoms with Gasteiger partial charge in [0.1, 0.15) is 17.6 Å². The van der Waals surface area contributed by atoms with Crippen molar-refractivity contribution in [2.24, 2.45) is 0 Å². The maximum absolute atomic E-state index is 14.7. The standard InChI is InChI=1S/C35H32F7N5O8S/c1-3-56(51,52)27-12-10-22(47(33(50)53-2)55-32(49)34(38,39)40)18-25(27)26-8-5-15-46(26)30(48)28(20-6-4-7-23(17-20)54-35(41,42)31(36)37)45-21-9-11-24-19(16-21)13-14-44-29(24)43/h4,6-7,9-14,16-18,26,28,31,45H,3,5,8,15H2,1-2H3,(H2,43,44)/t26-,28-/m1/s1. The average Bonchev–Trinajstić information content (AvgIpc) is 3.65. The molecule has 5 rings (SSSR count). The van der Waals surface area contributed by atoms with Gasteiger partial charge in [0.2, 0.25) is 5.91 Å². The molecule has 1 aliphatic rings. The van der Waals surface area contributed by atoms with Crippen molar-refractivity contribution < 1.29 is 67.8 Å². The molecule has 3 N–H and O–H groups in total. The third kappa shape index (κ3) is 8.82. The van der Waals surface area contributed by atoms with E-state index < -0.39 is 75.8 Å². The van der Waals surface area contributed by atoms with E-state index in [1.54, 1.807) is 18.2 Å². The number of benzene rings is 3. The molecule has 0 spiro atoms. The summed E-state index contributed by atoms with van der Waals surface area (Å²) in [5, 5.41) is 4.02.